The normalized spacial score (nSPS) is 13.6. The average molecular weight is 452 g/mol. The minimum atomic E-state index is 0. The van der Waals surface area contributed by atoms with E-state index in [4.69, 9.17) is 4.42 Å². The van der Waals surface area contributed by atoms with Gasteiger partial charge >= 0.3 is 0 Å². The third-order valence-electron chi connectivity index (χ3n) is 4.02. The first-order chi connectivity index (χ1) is 11.8. The molecule has 0 saturated heterocycles. The second kappa shape index (κ2) is 10.1. The molecule has 0 amide bonds. The Balaban J connectivity index is 0.00000225. The number of rotatable bonds is 6. The number of furan rings is 1. The van der Waals surface area contributed by atoms with Crippen molar-refractivity contribution in [3.63, 3.8) is 0 Å². The summed E-state index contributed by atoms with van der Waals surface area (Å²) >= 11 is 0. The van der Waals surface area contributed by atoms with Crippen LogP contribution in [0.2, 0.25) is 0 Å². The van der Waals surface area contributed by atoms with E-state index in [0.29, 0.717) is 0 Å². The molecule has 6 heteroatoms. The standard InChI is InChI=1S/C19H24N4O.HI/c1-20-19(21-10-9-18-8-5-13-24-18)22-15-16-6-4-7-17(14-16)23-11-2-3-12-23;/h2-8,13-14H,9-12,15H2,1H3,(H2,20,21,22);1H. The van der Waals surface area contributed by atoms with E-state index in [0.717, 1.165) is 44.3 Å². The number of anilines is 1. The maximum absolute atomic E-state index is 5.33. The molecule has 2 N–H and O–H groups in total. The van der Waals surface area contributed by atoms with Gasteiger partial charge in [0.2, 0.25) is 0 Å². The van der Waals surface area contributed by atoms with Gasteiger partial charge in [-0.3, -0.25) is 4.99 Å². The maximum Gasteiger partial charge on any atom is 0.191 e. The molecule has 0 spiro atoms. The van der Waals surface area contributed by atoms with Crippen molar-refractivity contribution in [2.24, 2.45) is 4.99 Å². The fourth-order valence-electron chi connectivity index (χ4n) is 2.72. The molecule has 2 heterocycles. The molecular formula is C19H25IN4O. The molecule has 0 saturated carbocycles. The van der Waals surface area contributed by atoms with Gasteiger partial charge in [0.15, 0.2) is 5.96 Å². The zero-order valence-electron chi connectivity index (χ0n) is 14.4. The number of guanidine groups is 1. The van der Waals surface area contributed by atoms with Crippen LogP contribution in [0.15, 0.2) is 64.2 Å². The fraction of sp³-hybridized carbons (Fsp3) is 0.316. The van der Waals surface area contributed by atoms with Gasteiger partial charge in [-0.05, 0) is 29.8 Å². The molecule has 25 heavy (non-hydrogen) atoms. The van der Waals surface area contributed by atoms with E-state index >= 15 is 0 Å². The molecule has 2 aromatic rings. The van der Waals surface area contributed by atoms with E-state index in [1.807, 2.05) is 12.1 Å². The minimum Gasteiger partial charge on any atom is -0.469 e. The Morgan fingerprint density at radius 2 is 2.00 bits per heavy atom. The summed E-state index contributed by atoms with van der Waals surface area (Å²) in [6.07, 6.45) is 6.95. The zero-order valence-corrected chi connectivity index (χ0v) is 16.8. The van der Waals surface area contributed by atoms with Gasteiger partial charge in [-0.2, -0.15) is 0 Å². The topological polar surface area (TPSA) is 52.8 Å². The number of aliphatic imine (C=N–C) groups is 1. The van der Waals surface area contributed by atoms with Crippen LogP contribution in [0.5, 0.6) is 0 Å². The Labute approximate surface area is 166 Å². The van der Waals surface area contributed by atoms with Crippen LogP contribution in [0, 0.1) is 0 Å². The summed E-state index contributed by atoms with van der Waals surface area (Å²) in [7, 11) is 1.79. The second-order valence-corrected chi connectivity index (χ2v) is 5.73. The summed E-state index contributed by atoms with van der Waals surface area (Å²) in [5, 5.41) is 6.66. The zero-order chi connectivity index (χ0) is 16.6. The van der Waals surface area contributed by atoms with E-state index in [1.165, 1.54) is 11.3 Å². The van der Waals surface area contributed by atoms with Gasteiger partial charge in [0.25, 0.3) is 0 Å². The third kappa shape index (κ3) is 5.81. The molecule has 0 aliphatic carbocycles. The van der Waals surface area contributed by atoms with E-state index < -0.39 is 0 Å². The highest BCUT2D eigenvalue weighted by Crippen LogP contribution is 2.18. The van der Waals surface area contributed by atoms with Gasteiger partial charge in [0, 0.05) is 45.3 Å². The van der Waals surface area contributed by atoms with Crippen LogP contribution in [-0.4, -0.2) is 32.6 Å². The predicted molar refractivity (Wildman–Crippen MR) is 114 cm³/mol. The Morgan fingerprint density at radius 3 is 2.72 bits per heavy atom. The number of halogens is 1. The van der Waals surface area contributed by atoms with Crippen molar-refractivity contribution in [3.05, 3.63) is 66.1 Å². The molecule has 0 bridgehead atoms. The highest BCUT2D eigenvalue weighted by atomic mass is 127. The lowest BCUT2D eigenvalue weighted by Crippen LogP contribution is -2.37. The third-order valence-corrected chi connectivity index (χ3v) is 4.02. The van der Waals surface area contributed by atoms with Crippen LogP contribution >= 0.6 is 24.0 Å². The summed E-state index contributed by atoms with van der Waals surface area (Å²) in [6.45, 7) is 3.52. The summed E-state index contributed by atoms with van der Waals surface area (Å²) < 4.78 is 5.33. The molecule has 0 fully saturated rings. The van der Waals surface area contributed by atoms with Gasteiger partial charge in [-0.25, -0.2) is 0 Å². The van der Waals surface area contributed by atoms with Crippen molar-refractivity contribution in [2.45, 2.75) is 13.0 Å². The molecule has 0 unspecified atom stereocenters. The predicted octanol–water partition coefficient (Wildman–Crippen LogP) is 3.18. The number of nitrogens with zero attached hydrogens (tertiary/aromatic N) is 2. The van der Waals surface area contributed by atoms with Crippen LogP contribution in [0.4, 0.5) is 5.69 Å². The number of hydrogen-bond acceptors (Lipinski definition) is 3. The van der Waals surface area contributed by atoms with E-state index in [-0.39, 0.29) is 24.0 Å². The minimum absolute atomic E-state index is 0. The van der Waals surface area contributed by atoms with Crippen LogP contribution < -0.4 is 15.5 Å². The van der Waals surface area contributed by atoms with Crippen molar-refractivity contribution in [1.29, 1.82) is 0 Å². The lowest BCUT2D eigenvalue weighted by atomic mass is 10.2. The number of benzene rings is 1. The second-order valence-electron chi connectivity index (χ2n) is 5.73. The summed E-state index contributed by atoms with van der Waals surface area (Å²) in [6, 6.07) is 12.5. The molecule has 0 radical (unpaired) electrons. The largest absolute Gasteiger partial charge is 0.469 e. The van der Waals surface area contributed by atoms with E-state index in [2.05, 4.69) is 56.9 Å². The molecule has 1 aromatic carbocycles. The maximum atomic E-state index is 5.33. The lowest BCUT2D eigenvalue weighted by Gasteiger charge is -2.19. The van der Waals surface area contributed by atoms with Gasteiger partial charge in [0.05, 0.1) is 6.26 Å². The molecule has 3 rings (SSSR count). The summed E-state index contributed by atoms with van der Waals surface area (Å²) in [5.74, 6) is 1.78. The van der Waals surface area contributed by atoms with Gasteiger partial charge < -0.3 is 20.0 Å². The molecular weight excluding hydrogens is 427 g/mol. The Hall–Kier alpha value is -1.96. The number of hydrogen-bond donors (Lipinski definition) is 2. The molecule has 1 aromatic heterocycles. The molecule has 1 aliphatic heterocycles. The summed E-state index contributed by atoms with van der Waals surface area (Å²) in [5.41, 5.74) is 2.51. The van der Waals surface area contributed by atoms with Crippen molar-refractivity contribution in [1.82, 2.24) is 10.6 Å². The fourth-order valence-corrected chi connectivity index (χ4v) is 2.72. The van der Waals surface area contributed by atoms with Gasteiger partial charge in [0.1, 0.15) is 5.76 Å². The van der Waals surface area contributed by atoms with Gasteiger partial charge in [-0.15, -0.1) is 24.0 Å². The SMILES string of the molecule is CN=C(NCCc1ccco1)NCc1cccc(N2CC=CC2)c1.I. The van der Waals surface area contributed by atoms with Crippen LogP contribution in [0.25, 0.3) is 0 Å². The summed E-state index contributed by atoms with van der Waals surface area (Å²) in [4.78, 5) is 6.61. The van der Waals surface area contributed by atoms with Crippen LogP contribution in [-0.2, 0) is 13.0 Å². The van der Waals surface area contributed by atoms with Crippen molar-refractivity contribution in [3.8, 4) is 0 Å². The Bertz CT molecular complexity index is 689. The number of nitrogens with one attached hydrogen (secondary N) is 2. The Kier molecular flexibility index (Phi) is 7.84. The van der Waals surface area contributed by atoms with Crippen LogP contribution in [0.3, 0.4) is 0 Å². The molecule has 134 valence electrons. The van der Waals surface area contributed by atoms with Crippen molar-refractivity contribution < 1.29 is 4.42 Å². The highest BCUT2D eigenvalue weighted by molar-refractivity contribution is 14.0. The molecule has 0 atom stereocenters. The Morgan fingerprint density at radius 1 is 1.16 bits per heavy atom. The van der Waals surface area contributed by atoms with E-state index in [9.17, 15) is 0 Å². The average Bonchev–Trinajstić information content (AvgIpc) is 3.31. The molecule has 5 nitrogen and oxygen atoms in total. The first-order valence-electron chi connectivity index (χ1n) is 8.31. The molecule has 1 aliphatic rings. The van der Waals surface area contributed by atoms with E-state index in [1.54, 1.807) is 13.3 Å². The first-order valence-corrected chi connectivity index (χ1v) is 8.31. The quantitative estimate of drug-likeness (QED) is 0.306. The van der Waals surface area contributed by atoms with Crippen molar-refractivity contribution >= 4 is 35.6 Å². The van der Waals surface area contributed by atoms with Crippen LogP contribution in [0.1, 0.15) is 11.3 Å². The highest BCUT2D eigenvalue weighted by Gasteiger charge is 2.08. The smallest absolute Gasteiger partial charge is 0.191 e. The first kappa shape index (κ1) is 19.4. The van der Waals surface area contributed by atoms with Crippen molar-refractivity contribution in [2.75, 3.05) is 31.6 Å². The van der Waals surface area contributed by atoms with Gasteiger partial charge in [-0.1, -0.05) is 24.3 Å². The monoisotopic (exact) mass is 452 g/mol. The lowest BCUT2D eigenvalue weighted by molar-refractivity contribution is 0.507.